The van der Waals surface area contributed by atoms with E-state index in [1.54, 1.807) is 0 Å². The van der Waals surface area contributed by atoms with Gasteiger partial charge in [-0.3, -0.25) is 0 Å². The molecule has 13 rings (SSSR count). The average molecular weight is 1140 g/mol. The molecule has 0 bridgehead atoms. The van der Waals surface area contributed by atoms with Gasteiger partial charge in [0.25, 0.3) is 0 Å². The second kappa shape index (κ2) is 17.6. The van der Waals surface area contributed by atoms with Gasteiger partial charge in [0.1, 0.15) is 0 Å². The Morgan fingerprint density at radius 2 is 1.32 bits per heavy atom. The van der Waals surface area contributed by atoms with Crippen molar-refractivity contribution in [2.45, 2.75) is 51.4 Å². The SMILES string of the molecule is [2H]c1c([2H])c([2H])c(-c2ccc3c(c2)c2ccc(Oc4cccc(-n5[c](=[Pt])n(-c6c(-c7ccccc7)cc7c(c6-c6ccccc6)CC(=O)C6CC(=O)CC76)c6ccccc65)c4)cc2n3-c2cc(C(C)(C)C)ccn2)c([2H])c1[2H]. The molecule has 2 aliphatic carbocycles. The number of ketones is 2. The summed E-state index contributed by atoms with van der Waals surface area (Å²) in [5, 5.41) is 1.69. The zero-order valence-electron chi connectivity index (χ0n) is 45.3. The fourth-order valence-corrected chi connectivity index (χ4v) is 12.4. The van der Waals surface area contributed by atoms with Crippen molar-refractivity contribution in [3.63, 3.8) is 0 Å². The Kier molecular flexibility index (Phi) is 9.57. The van der Waals surface area contributed by atoms with Crippen LogP contribution < -0.4 is 4.74 Å². The van der Waals surface area contributed by atoms with Gasteiger partial charge in [0.15, 0.2) is 0 Å². The van der Waals surface area contributed by atoms with Gasteiger partial charge < -0.3 is 0 Å². The summed E-state index contributed by atoms with van der Waals surface area (Å²) in [7, 11) is 0. The van der Waals surface area contributed by atoms with Gasteiger partial charge in [-0.15, -0.1) is 0 Å². The minimum absolute atomic E-state index is 0.126. The predicted molar refractivity (Wildman–Crippen MR) is 289 cm³/mol. The summed E-state index contributed by atoms with van der Waals surface area (Å²) < 4.78 is 57.0. The summed E-state index contributed by atoms with van der Waals surface area (Å²) >= 11 is 2.43. The normalized spacial score (nSPS) is 16.5. The summed E-state index contributed by atoms with van der Waals surface area (Å²) in [5.74, 6) is 1.69. The van der Waals surface area contributed by atoms with Crippen molar-refractivity contribution < 1.29 is 40.5 Å². The monoisotopic (exact) mass is 1130 g/mol. The van der Waals surface area contributed by atoms with E-state index < -0.39 is 6.04 Å². The van der Waals surface area contributed by atoms with E-state index >= 15 is 0 Å². The first-order valence-corrected chi connectivity index (χ1v) is 25.7. The molecule has 3 aromatic heterocycles. The maximum absolute atomic E-state index is 14.1. The Morgan fingerprint density at radius 1 is 0.603 bits per heavy atom. The van der Waals surface area contributed by atoms with E-state index in [0.717, 1.165) is 87.0 Å². The number of aromatic nitrogens is 4. The summed E-state index contributed by atoms with van der Waals surface area (Å²) in [6, 6.07) is 53.4. The topological polar surface area (TPSA) is 71.0 Å². The zero-order chi connectivity index (χ0) is 53.9. The predicted octanol–water partition coefficient (Wildman–Crippen LogP) is 15.3. The van der Waals surface area contributed by atoms with Crippen molar-refractivity contribution in [1.29, 1.82) is 0 Å². The third-order valence-corrected chi connectivity index (χ3v) is 15.8. The van der Waals surface area contributed by atoms with Crippen LogP contribution in [0.2, 0.25) is 0 Å². The van der Waals surface area contributed by atoms with Crippen molar-refractivity contribution in [3.8, 4) is 62.1 Å². The van der Waals surface area contributed by atoms with Gasteiger partial charge in [0, 0.05) is 6.20 Å². The van der Waals surface area contributed by atoms with Crippen LogP contribution in [0.25, 0.3) is 83.4 Å². The first-order valence-electron chi connectivity index (χ1n) is 27.1. The molecule has 0 spiro atoms. The van der Waals surface area contributed by atoms with Gasteiger partial charge >= 0.3 is 345 Å². The van der Waals surface area contributed by atoms with Crippen molar-refractivity contribution in [2.75, 3.05) is 0 Å². The number of nitrogens with zero attached hydrogens (tertiary/aromatic N) is 4. The molecule has 2 aliphatic rings. The van der Waals surface area contributed by atoms with E-state index in [2.05, 4.69) is 127 Å². The van der Waals surface area contributed by atoms with Crippen LogP contribution in [-0.2, 0) is 40.8 Å². The van der Waals surface area contributed by atoms with E-state index in [9.17, 15) is 9.59 Å². The van der Waals surface area contributed by atoms with Crippen molar-refractivity contribution >= 4 is 44.4 Å². The number of benzene rings is 8. The fraction of sp³-hybridized carbons (Fsp3) is 0.138. The van der Waals surface area contributed by atoms with Crippen molar-refractivity contribution in [1.82, 2.24) is 18.7 Å². The number of hydrogen-bond donors (Lipinski definition) is 0. The Morgan fingerprint density at radius 3 is 2.08 bits per heavy atom. The van der Waals surface area contributed by atoms with E-state index in [0.29, 0.717) is 35.7 Å². The molecule has 73 heavy (non-hydrogen) atoms. The number of rotatable bonds is 8. The second-order valence-corrected chi connectivity index (χ2v) is 21.2. The summed E-state index contributed by atoms with van der Waals surface area (Å²) in [5.41, 5.74) is 13.1. The molecule has 0 aliphatic heterocycles. The maximum atomic E-state index is 14.1. The summed E-state index contributed by atoms with van der Waals surface area (Å²) in [4.78, 5) is 32.1. The molecule has 358 valence electrons. The van der Waals surface area contributed by atoms with E-state index in [1.165, 1.54) is 0 Å². The van der Waals surface area contributed by atoms with Crippen LogP contribution in [-0.4, -0.2) is 30.3 Å². The third kappa shape index (κ3) is 7.68. The van der Waals surface area contributed by atoms with Gasteiger partial charge in [-0.25, -0.2) is 0 Å². The number of carbonyl (C=O) groups excluding carboxylic acids is 2. The van der Waals surface area contributed by atoms with Crippen LogP contribution in [0.15, 0.2) is 200 Å². The molecular formula is C65H50N4O3Pt. The number of pyridine rings is 1. The van der Waals surface area contributed by atoms with Crippen LogP contribution in [0.3, 0.4) is 0 Å². The van der Waals surface area contributed by atoms with Gasteiger partial charge in [-0.2, -0.15) is 0 Å². The number of carbonyl (C=O) groups is 2. The van der Waals surface area contributed by atoms with Crippen molar-refractivity contribution in [2.24, 2.45) is 5.92 Å². The molecule has 2 atom stereocenters. The molecule has 0 N–H and O–H groups in total. The van der Waals surface area contributed by atoms with Gasteiger partial charge in [0.05, 0.1) is 6.85 Å². The number of imidazole rings is 1. The Hall–Kier alpha value is -7.99. The molecule has 1 fully saturated rings. The number of ether oxygens (including phenoxy) is 1. The Bertz CT molecular complexity index is 4380. The quantitative estimate of drug-likeness (QED) is 0.152. The smallest absolute Gasteiger partial charge is 0.0617 e. The van der Waals surface area contributed by atoms with Crippen LogP contribution in [0.1, 0.15) is 63.1 Å². The molecule has 0 saturated heterocycles. The first-order chi connectivity index (χ1) is 37.6. The third-order valence-electron chi connectivity index (χ3n) is 14.7. The summed E-state index contributed by atoms with van der Waals surface area (Å²) in [6.07, 6.45) is 2.74. The van der Waals surface area contributed by atoms with Crippen LogP contribution in [0.5, 0.6) is 11.5 Å². The molecule has 11 aromatic rings. The van der Waals surface area contributed by atoms with E-state index in [1.807, 2.05) is 97.2 Å². The molecule has 3 heterocycles. The summed E-state index contributed by atoms with van der Waals surface area (Å²) in [6.45, 7) is 6.49. The van der Waals surface area contributed by atoms with Crippen LogP contribution in [0.4, 0.5) is 0 Å². The van der Waals surface area contributed by atoms with Crippen LogP contribution in [0, 0.1) is 9.72 Å². The first kappa shape index (κ1) is 39.6. The number of hydrogen-bond acceptors (Lipinski definition) is 4. The van der Waals surface area contributed by atoms with Gasteiger partial charge in [-0.1, -0.05) is 57.0 Å². The number of fused-ring (bicyclic) bond motifs is 7. The van der Waals surface area contributed by atoms with Gasteiger partial charge in [0.2, 0.25) is 0 Å². The minimum atomic E-state index is -0.434. The zero-order valence-corrected chi connectivity index (χ0v) is 42.5. The standard InChI is InChI=1S/C65H50N4O3.Pt/c1-65(2,3)45-30-31-66-62(33-45)69-57-29-26-44(41-16-7-4-8-17-41)32-54(57)50-28-27-49(37-60(50)69)72-48-23-15-22-46(34-48)67-40-68(59-25-14-13-24-58(59)67)64-51(42-18-9-5-10-19-42)38-53-52-35-47(70)36-55(52)61(71)39-56(53)63(64)43-20-11-6-12-21-43;/h4-34,37-38,52,55H,35-36,39H2,1-3H3;/i4D,7D,8D,16D,17D;. The van der Waals surface area contributed by atoms with Gasteiger partial charge in [-0.05, 0) is 28.2 Å². The molecular weight excluding hydrogens is 1080 g/mol. The van der Waals surface area contributed by atoms with E-state index in [-0.39, 0.29) is 65.0 Å². The second-order valence-electron chi connectivity index (χ2n) is 20.1. The molecule has 2 unspecified atom stereocenters. The molecule has 1 saturated carbocycles. The fourth-order valence-electron chi connectivity index (χ4n) is 11.3. The molecule has 8 heteroatoms. The average Bonchev–Trinajstić information content (AvgIpc) is 4.27. The Labute approximate surface area is 441 Å². The molecule has 7 nitrogen and oxygen atoms in total. The minimum Gasteiger partial charge on any atom is -0.0617 e. The van der Waals surface area contributed by atoms with Crippen LogP contribution >= 0.6 is 0 Å². The number of Topliss-reactive ketones (excluding diaryl/α,β-unsaturated/α-hetero) is 2. The number of para-hydroxylation sites is 2. The van der Waals surface area contributed by atoms with E-state index in [4.69, 9.17) is 16.6 Å². The Balaban J connectivity index is 0.970. The molecule has 0 radical (unpaired) electrons. The molecule has 8 aromatic carbocycles. The molecule has 0 amide bonds. The van der Waals surface area contributed by atoms with Crippen molar-refractivity contribution in [3.05, 3.63) is 221 Å².